The number of amides is 2. The molecule has 0 saturated heterocycles. The average molecular weight is 317 g/mol. The summed E-state index contributed by atoms with van der Waals surface area (Å²) in [5, 5.41) is 6.53. The maximum atomic E-state index is 12.2. The van der Waals surface area contributed by atoms with Crippen LogP contribution in [0, 0.1) is 20.8 Å². The topological polar surface area (TPSA) is 41.1 Å². The Morgan fingerprint density at radius 2 is 1.73 bits per heavy atom. The summed E-state index contributed by atoms with van der Waals surface area (Å²) >= 11 is 5.98. The van der Waals surface area contributed by atoms with Crippen molar-refractivity contribution in [2.24, 2.45) is 0 Å². The zero-order chi connectivity index (χ0) is 16.3. The van der Waals surface area contributed by atoms with Gasteiger partial charge in [-0.25, -0.2) is 4.79 Å². The Bertz CT molecular complexity index is 674. The van der Waals surface area contributed by atoms with Crippen molar-refractivity contribution in [1.29, 1.82) is 0 Å². The standard InChI is InChI=1S/C18H21ClN2O/c1-11-8-12(2)17(13(3)9-11)21-18(22)20-14(4)15-6-5-7-16(19)10-15/h5-10,14H,1-4H3,(H2,20,21,22). The highest BCUT2D eigenvalue weighted by Gasteiger charge is 2.12. The van der Waals surface area contributed by atoms with Gasteiger partial charge in [0.25, 0.3) is 0 Å². The van der Waals surface area contributed by atoms with Gasteiger partial charge in [0.05, 0.1) is 6.04 Å². The maximum Gasteiger partial charge on any atom is 0.319 e. The maximum absolute atomic E-state index is 12.2. The van der Waals surface area contributed by atoms with E-state index in [2.05, 4.69) is 22.8 Å². The molecule has 1 atom stereocenters. The van der Waals surface area contributed by atoms with E-state index in [1.165, 1.54) is 5.56 Å². The minimum atomic E-state index is -0.220. The van der Waals surface area contributed by atoms with Crippen LogP contribution in [-0.2, 0) is 0 Å². The van der Waals surface area contributed by atoms with Gasteiger partial charge < -0.3 is 10.6 Å². The van der Waals surface area contributed by atoms with Crippen LogP contribution in [-0.4, -0.2) is 6.03 Å². The molecule has 2 N–H and O–H groups in total. The second-order valence-corrected chi connectivity index (χ2v) is 6.09. The molecule has 0 aliphatic rings. The molecule has 3 nitrogen and oxygen atoms in total. The Balaban J connectivity index is 2.07. The molecule has 0 saturated carbocycles. The molecule has 4 heteroatoms. The summed E-state index contributed by atoms with van der Waals surface area (Å²) in [5.41, 5.74) is 5.14. The van der Waals surface area contributed by atoms with E-state index in [0.29, 0.717) is 5.02 Å². The van der Waals surface area contributed by atoms with Crippen LogP contribution in [0.2, 0.25) is 5.02 Å². The van der Waals surface area contributed by atoms with Crippen LogP contribution in [0.1, 0.15) is 35.2 Å². The van der Waals surface area contributed by atoms with Crippen LogP contribution in [0.5, 0.6) is 0 Å². The molecule has 116 valence electrons. The van der Waals surface area contributed by atoms with Crippen LogP contribution in [0.4, 0.5) is 10.5 Å². The third-order valence-corrected chi connectivity index (χ3v) is 3.85. The molecule has 2 amide bonds. The third kappa shape index (κ3) is 4.01. The minimum absolute atomic E-state index is 0.121. The Morgan fingerprint density at radius 3 is 2.32 bits per heavy atom. The molecule has 1 unspecified atom stereocenters. The highest BCUT2D eigenvalue weighted by atomic mass is 35.5. The zero-order valence-electron chi connectivity index (χ0n) is 13.3. The molecule has 0 bridgehead atoms. The van der Waals surface area contributed by atoms with Crippen LogP contribution >= 0.6 is 11.6 Å². The second kappa shape index (κ2) is 6.84. The van der Waals surface area contributed by atoms with Crippen LogP contribution in [0.3, 0.4) is 0 Å². The molecule has 0 heterocycles. The predicted octanol–water partition coefficient (Wildman–Crippen LogP) is 5.15. The van der Waals surface area contributed by atoms with Crippen molar-refractivity contribution in [3.63, 3.8) is 0 Å². The van der Waals surface area contributed by atoms with Crippen LogP contribution in [0.25, 0.3) is 0 Å². The summed E-state index contributed by atoms with van der Waals surface area (Å²) in [6, 6.07) is 11.3. The average Bonchev–Trinajstić information content (AvgIpc) is 2.42. The number of carbonyl (C=O) groups excluding carboxylic acids is 1. The first-order valence-corrected chi connectivity index (χ1v) is 7.65. The normalized spacial score (nSPS) is 11.9. The van der Waals surface area contributed by atoms with Gasteiger partial charge in [0.2, 0.25) is 0 Å². The molecule has 2 aromatic carbocycles. The molecule has 0 radical (unpaired) electrons. The summed E-state index contributed by atoms with van der Waals surface area (Å²) in [4.78, 5) is 12.2. The van der Waals surface area contributed by atoms with Gasteiger partial charge in [-0.1, -0.05) is 41.4 Å². The Labute approximate surface area is 136 Å². The number of benzene rings is 2. The Morgan fingerprint density at radius 1 is 1.09 bits per heavy atom. The molecule has 0 fully saturated rings. The van der Waals surface area contributed by atoms with Crippen LogP contribution < -0.4 is 10.6 Å². The van der Waals surface area contributed by atoms with E-state index >= 15 is 0 Å². The lowest BCUT2D eigenvalue weighted by molar-refractivity contribution is 0.249. The highest BCUT2D eigenvalue weighted by Crippen LogP contribution is 2.22. The fourth-order valence-corrected chi connectivity index (χ4v) is 2.78. The van der Waals surface area contributed by atoms with E-state index in [1.54, 1.807) is 0 Å². The molecule has 0 spiro atoms. The lowest BCUT2D eigenvalue weighted by Gasteiger charge is -2.17. The molecular formula is C18H21ClN2O. The summed E-state index contributed by atoms with van der Waals surface area (Å²) < 4.78 is 0. The van der Waals surface area contributed by atoms with E-state index in [4.69, 9.17) is 11.6 Å². The number of rotatable bonds is 3. The minimum Gasteiger partial charge on any atom is -0.331 e. The lowest BCUT2D eigenvalue weighted by Crippen LogP contribution is -2.31. The summed E-state index contributed by atoms with van der Waals surface area (Å²) in [6.07, 6.45) is 0. The number of urea groups is 1. The number of nitrogens with one attached hydrogen (secondary N) is 2. The van der Waals surface area contributed by atoms with Crippen molar-refractivity contribution in [3.05, 3.63) is 63.7 Å². The Hall–Kier alpha value is -2.00. The van der Waals surface area contributed by atoms with Crippen molar-refractivity contribution in [3.8, 4) is 0 Å². The monoisotopic (exact) mass is 316 g/mol. The van der Waals surface area contributed by atoms with Crippen molar-refractivity contribution < 1.29 is 4.79 Å². The van der Waals surface area contributed by atoms with Gasteiger partial charge >= 0.3 is 6.03 Å². The zero-order valence-corrected chi connectivity index (χ0v) is 14.1. The molecule has 2 rings (SSSR count). The predicted molar refractivity (Wildman–Crippen MR) is 92.7 cm³/mol. The first-order chi connectivity index (χ1) is 10.4. The van der Waals surface area contributed by atoms with E-state index in [1.807, 2.05) is 52.0 Å². The van der Waals surface area contributed by atoms with Gasteiger partial charge in [0.1, 0.15) is 0 Å². The van der Waals surface area contributed by atoms with Crippen LogP contribution in [0.15, 0.2) is 36.4 Å². The number of carbonyl (C=O) groups is 1. The van der Waals surface area contributed by atoms with Gasteiger partial charge in [-0.3, -0.25) is 0 Å². The van der Waals surface area contributed by atoms with Gasteiger partial charge in [-0.15, -0.1) is 0 Å². The third-order valence-electron chi connectivity index (χ3n) is 3.61. The largest absolute Gasteiger partial charge is 0.331 e. The molecule has 22 heavy (non-hydrogen) atoms. The highest BCUT2D eigenvalue weighted by molar-refractivity contribution is 6.30. The number of hydrogen-bond donors (Lipinski definition) is 2. The molecule has 0 aromatic heterocycles. The molecule has 0 aliphatic heterocycles. The molecule has 2 aromatic rings. The van der Waals surface area contributed by atoms with Crippen molar-refractivity contribution in [2.75, 3.05) is 5.32 Å². The fourth-order valence-electron chi connectivity index (χ4n) is 2.58. The van der Waals surface area contributed by atoms with Crippen molar-refractivity contribution in [2.45, 2.75) is 33.7 Å². The summed E-state index contributed by atoms with van der Waals surface area (Å²) in [5.74, 6) is 0. The first kappa shape index (κ1) is 16.4. The summed E-state index contributed by atoms with van der Waals surface area (Å²) in [7, 11) is 0. The van der Waals surface area contributed by atoms with Gasteiger partial charge in [-0.2, -0.15) is 0 Å². The lowest BCUT2D eigenvalue weighted by atomic mass is 10.1. The Kier molecular flexibility index (Phi) is 5.09. The van der Waals surface area contributed by atoms with E-state index in [9.17, 15) is 4.79 Å². The number of aryl methyl sites for hydroxylation is 3. The number of anilines is 1. The van der Waals surface area contributed by atoms with E-state index in [0.717, 1.165) is 22.4 Å². The van der Waals surface area contributed by atoms with Crippen molar-refractivity contribution >= 4 is 23.3 Å². The number of halogens is 1. The first-order valence-electron chi connectivity index (χ1n) is 7.27. The fraction of sp³-hybridized carbons (Fsp3) is 0.278. The van der Waals surface area contributed by atoms with Gasteiger partial charge in [0, 0.05) is 10.7 Å². The summed E-state index contributed by atoms with van der Waals surface area (Å²) in [6.45, 7) is 7.97. The van der Waals surface area contributed by atoms with Gasteiger partial charge in [0.15, 0.2) is 0 Å². The quantitative estimate of drug-likeness (QED) is 0.808. The molecule has 0 aliphatic carbocycles. The smallest absolute Gasteiger partial charge is 0.319 e. The second-order valence-electron chi connectivity index (χ2n) is 5.65. The SMILES string of the molecule is Cc1cc(C)c(NC(=O)NC(C)c2cccc(Cl)c2)c(C)c1. The van der Waals surface area contributed by atoms with E-state index in [-0.39, 0.29) is 12.1 Å². The van der Waals surface area contributed by atoms with Gasteiger partial charge in [-0.05, 0) is 56.5 Å². The molecular weight excluding hydrogens is 296 g/mol. The number of hydrogen-bond acceptors (Lipinski definition) is 1. The van der Waals surface area contributed by atoms with E-state index < -0.39 is 0 Å². The van der Waals surface area contributed by atoms with Crippen molar-refractivity contribution in [1.82, 2.24) is 5.32 Å².